The van der Waals surface area contributed by atoms with Crippen LogP contribution in [0.2, 0.25) is 0 Å². The molecule has 158 valence electrons. The van der Waals surface area contributed by atoms with Crippen LogP contribution in [-0.4, -0.2) is 37.7 Å². The van der Waals surface area contributed by atoms with Crippen LogP contribution in [0.5, 0.6) is 5.75 Å². The average molecular weight is 432 g/mol. The lowest BCUT2D eigenvalue weighted by Gasteiger charge is -2.07. The number of rotatable bonds is 8. The lowest BCUT2D eigenvalue weighted by molar-refractivity contribution is -0.131. The number of hydrogen-bond donors (Lipinski definition) is 3. The van der Waals surface area contributed by atoms with Crippen molar-refractivity contribution in [3.63, 3.8) is 0 Å². The van der Waals surface area contributed by atoms with E-state index in [1.165, 1.54) is 36.4 Å². The number of carbonyl (C=O) groups excluding carboxylic acids is 3. The summed E-state index contributed by atoms with van der Waals surface area (Å²) >= 11 is 0. The van der Waals surface area contributed by atoms with Gasteiger partial charge in [-0.2, -0.15) is 0 Å². The number of benzene rings is 2. The molecule has 0 bridgehead atoms. The van der Waals surface area contributed by atoms with Crippen molar-refractivity contribution in [2.75, 3.05) is 11.9 Å². The molecule has 2 amide bonds. The molecule has 0 saturated heterocycles. The third kappa shape index (κ3) is 6.17. The Morgan fingerprint density at radius 2 is 1.63 bits per heavy atom. The van der Waals surface area contributed by atoms with E-state index in [0.29, 0.717) is 17.9 Å². The highest BCUT2D eigenvalue weighted by molar-refractivity contribution is 7.90. The van der Waals surface area contributed by atoms with Crippen LogP contribution in [0.4, 0.5) is 5.69 Å². The SMILES string of the molecule is CCOc1ccc(C(O)=CC(=O)C(=O)Nc2ccc(S(=O)(=O)NC(C)=O)cc2)cc1. The number of amides is 2. The summed E-state index contributed by atoms with van der Waals surface area (Å²) in [4.78, 5) is 34.8. The highest BCUT2D eigenvalue weighted by Crippen LogP contribution is 2.18. The van der Waals surface area contributed by atoms with Gasteiger partial charge in [0.1, 0.15) is 11.5 Å². The molecule has 0 radical (unpaired) electrons. The number of ether oxygens (including phenoxy) is 1. The van der Waals surface area contributed by atoms with Crippen LogP contribution in [-0.2, 0) is 24.4 Å². The molecule has 0 aliphatic rings. The minimum Gasteiger partial charge on any atom is -0.507 e. The van der Waals surface area contributed by atoms with Crippen LogP contribution in [0.3, 0.4) is 0 Å². The molecular formula is C20H20N2O7S. The average Bonchev–Trinajstić information content (AvgIpc) is 2.68. The van der Waals surface area contributed by atoms with Crippen LogP contribution in [0.25, 0.3) is 5.76 Å². The second kappa shape index (κ2) is 9.70. The zero-order chi connectivity index (χ0) is 22.3. The highest BCUT2D eigenvalue weighted by Gasteiger charge is 2.17. The van der Waals surface area contributed by atoms with Crippen molar-refractivity contribution < 1.29 is 32.6 Å². The van der Waals surface area contributed by atoms with E-state index < -0.39 is 33.4 Å². The Balaban J connectivity index is 2.05. The second-order valence-electron chi connectivity index (χ2n) is 5.99. The van der Waals surface area contributed by atoms with Gasteiger partial charge in [0.2, 0.25) is 11.7 Å². The minimum absolute atomic E-state index is 0.157. The maximum Gasteiger partial charge on any atom is 0.296 e. The van der Waals surface area contributed by atoms with Gasteiger partial charge in [0, 0.05) is 24.3 Å². The summed E-state index contributed by atoms with van der Waals surface area (Å²) in [5, 5.41) is 12.3. The van der Waals surface area contributed by atoms with Gasteiger partial charge in [-0.25, -0.2) is 13.1 Å². The summed E-state index contributed by atoms with van der Waals surface area (Å²) in [6.07, 6.45) is 0.778. The number of aliphatic hydroxyl groups excluding tert-OH is 1. The van der Waals surface area contributed by atoms with Crippen molar-refractivity contribution in [1.29, 1.82) is 0 Å². The maximum absolute atomic E-state index is 12.0. The van der Waals surface area contributed by atoms with Gasteiger partial charge in [0.25, 0.3) is 15.9 Å². The van der Waals surface area contributed by atoms with Gasteiger partial charge in [-0.15, -0.1) is 0 Å². The van der Waals surface area contributed by atoms with Gasteiger partial charge in [-0.05, 0) is 55.5 Å². The van der Waals surface area contributed by atoms with Crippen LogP contribution in [0, 0.1) is 0 Å². The number of aliphatic hydroxyl groups is 1. The van der Waals surface area contributed by atoms with Crippen LogP contribution < -0.4 is 14.8 Å². The van der Waals surface area contributed by atoms with E-state index in [0.717, 1.165) is 13.0 Å². The number of carbonyl (C=O) groups is 3. The fourth-order valence-corrected chi connectivity index (χ4v) is 3.31. The molecule has 0 spiro atoms. The Labute approximate surface area is 173 Å². The van der Waals surface area contributed by atoms with Crippen molar-refractivity contribution in [2.45, 2.75) is 18.7 Å². The molecule has 3 N–H and O–H groups in total. The summed E-state index contributed by atoms with van der Waals surface area (Å²) in [6.45, 7) is 3.38. The van der Waals surface area contributed by atoms with Crippen LogP contribution in [0.1, 0.15) is 19.4 Å². The van der Waals surface area contributed by atoms with Crippen molar-refractivity contribution in [3.8, 4) is 5.75 Å². The summed E-state index contributed by atoms with van der Waals surface area (Å²) in [5.41, 5.74) is 0.483. The Bertz CT molecular complexity index is 1070. The monoisotopic (exact) mass is 432 g/mol. The van der Waals surface area contributed by atoms with Gasteiger partial charge in [0.15, 0.2) is 0 Å². The summed E-state index contributed by atoms with van der Waals surface area (Å²) in [6, 6.07) is 11.2. The van der Waals surface area contributed by atoms with Crippen molar-refractivity contribution in [3.05, 3.63) is 60.2 Å². The molecule has 0 aliphatic carbocycles. The molecule has 0 fully saturated rings. The van der Waals surface area contributed by atoms with Crippen LogP contribution >= 0.6 is 0 Å². The highest BCUT2D eigenvalue weighted by atomic mass is 32.2. The van der Waals surface area contributed by atoms with Crippen molar-refractivity contribution >= 4 is 39.1 Å². The van der Waals surface area contributed by atoms with Gasteiger partial charge >= 0.3 is 0 Å². The van der Waals surface area contributed by atoms with Gasteiger partial charge in [0.05, 0.1) is 11.5 Å². The lowest BCUT2D eigenvalue weighted by atomic mass is 10.1. The minimum atomic E-state index is -4.01. The zero-order valence-corrected chi connectivity index (χ0v) is 17.0. The standard InChI is InChI=1S/C20H20N2O7S/c1-3-29-16-8-4-14(5-9-16)18(24)12-19(25)20(26)21-15-6-10-17(11-7-15)30(27,28)22-13(2)23/h4-12,24H,3H2,1-2H3,(H,21,26)(H,22,23). The first kappa shape index (κ1) is 22.6. The van der Waals surface area contributed by atoms with E-state index in [1.54, 1.807) is 12.1 Å². The van der Waals surface area contributed by atoms with Crippen molar-refractivity contribution in [2.24, 2.45) is 0 Å². The molecule has 0 aliphatic heterocycles. The third-order valence-electron chi connectivity index (χ3n) is 3.65. The number of anilines is 1. The lowest BCUT2D eigenvalue weighted by Crippen LogP contribution is -2.28. The molecular weight excluding hydrogens is 412 g/mol. The number of hydrogen-bond acceptors (Lipinski definition) is 7. The molecule has 0 saturated carbocycles. The maximum atomic E-state index is 12.0. The third-order valence-corrected chi connectivity index (χ3v) is 5.10. The predicted molar refractivity (Wildman–Crippen MR) is 109 cm³/mol. The molecule has 0 aromatic heterocycles. The Kier molecular flexibility index (Phi) is 7.32. The van der Waals surface area contributed by atoms with E-state index >= 15 is 0 Å². The normalized spacial score (nSPS) is 11.5. The molecule has 2 aromatic carbocycles. The molecule has 0 heterocycles. The molecule has 2 aromatic rings. The quantitative estimate of drug-likeness (QED) is 0.329. The van der Waals surface area contributed by atoms with Gasteiger partial charge in [-0.1, -0.05) is 0 Å². The summed E-state index contributed by atoms with van der Waals surface area (Å²) in [7, 11) is -4.01. The van der Waals surface area contributed by atoms with E-state index in [2.05, 4.69) is 5.32 Å². The van der Waals surface area contributed by atoms with E-state index in [4.69, 9.17) is 4.74 Å². The first-order chi connectivity index (χ1) is 14.1. The first-order valence-corrected chi connectivity index (χ1v) is 10.2. The number of sulfonamides is 1. The predicted octanol–water partition coefficient (Wildman–Crippen LogP) is 2.02. The summed E-state index contributed by atoms with van der Waals surface area (Å²) < 4.78 is 30.9. The zero-order valence-electron chi connectivity index (χ0n) is 16.2. The smallest absolute Gasteiger partial charge is 0.296 e. The van der Waals surface area contributed by atoms with Gasteiger partial charge < -0.3 is 15.2 Å². The number of ketones is 1. The molecule has 0 atom stereocenters. The van der Waals surface area contributed by atoms with E-state index in [9.17, 15) is 27.9 Å². The second-order valence-corrected chi connectivity index (χ2v) is 7.67. The molecule has 9 nitrogen and oxygen atoms in total. The topological polar surface area (TPSA) is 139 Å². The summed E-state index contributed by atoms with van der Waals surface area (Å²) in [5.74, 6) is -2.56. The van der Waals surface area contributed by atoms with Crippen molar-refractivity contribution in [1.82, 2.24) is 4.72 Å². The Morgan fingerprint density at radius 1 is 1.03 bits per heavy atom. The Morgan fingerprint density at radius 3 is 2.17 bits per heavy atom. The van der Waals surface area contributed by atoms with E-state index in [-0.39, 0.29) is 10.6 Å². The largest absolute Gasteiger partial charge is 0.507 e. The molecule has 30 heavy (non-hydrogen) atoms. The Hall–Kier alpha value is -3.66. The van der Waals surface area contributed by atoms with Gasteiger partial charge in [-0.3, -0.25) is 14.4 Å². The fraction of sp³-hybridized carbons (Fsp3) is 0.150. The van der Waals surface area contributed by atoms with E-state index in [1.807, 2.05) is 11.6 Å². The fourth-order valence-electron chi connectivity index (χ4n) is 2.32. The van der Waals surface area contributed by atoms with Crippen LogP contribution in [0.15, 0.2) is 59.5 Å². The first-order valence-electron chi connectivity index (χ1n) is 8.75. The molecule has 2 rings (SSSR count). The molecule has 0 unspecified atom stereocenters. The molecule has 10 heteroatoms. The number of nitrogens with one attached hydrogen (secondary N) is 2.